The van der Waals surface area contributed by atoms with E-state index in [1.165, 1.54) is 30.3 Å². The second kappa shape index (κ2) is 5.27. The Morgan fingerprint density at radius 3 is 2.74 bits per heavy atom. The van der Waals surface area contributed by atoms with E-state index >= 15 is 0 Å². The number of hydrazine groups is 1. The number of H-pyrrole nitrogens is 1. The molecule has 8 heteroatoms. The van der Waals surface area contributed by atoms with Gasteiger partial charge in [-0.1, -0.05) is 6.07 Å². The molecule has 7 nitrogen and oxygen atoms in total. The molecule has 1 aromatic carbocycles. The third-order valence-electron chi connectivity index (χ3n) is 2.32. The summed E-state index contributed by atoms with van der Waals surface area (Å²) in [7, 11) is 0. The van der Waals surface area contributed by atoms with E-state index in [0.717, 1.165) is 0 Å². The van der Waals surface area contributed by atoms with E-state index < -0.39 is 17.3 Å². The van der Waals surface area contributed by atoms with Gasteiger partial charge >= 0.3 is 0 Å². The molecule has 1 heterocycles. The molecule has 2 aromatic rings. The van der Waals surface area contributed by atoms with Crippen molar-refractivity contribution in [2.75, 3.05) is 10.7 Å². The standard InChI is InChI=1S/C11H10FN5O2/c12-7-3-1-2-6(10(7)15-13)11(19)14-8-4-5-9(18)17-16-8/h1-5,15H,13H2,(H,17,18)(H,14,16,19). The molecule has 0 fully saturated rings. The Balaban J connectivity index is 2.27. The van der Waals surface area contributed by atoms with Crippen LogP contribution in [0, 0.1) is 5.82 Å². The minimum Gasteiger partial charge on any atom is -0.321 e. The topological polar surface area (TPSA) is 113 Å². The number of nitrogens with two attached hydrogens (primary N) is 1. The van der Waals surface area contributed by atoms with Crippen LogP contribution in [0.25, 0.3) is 0 Å². The number of carbonyl (C=O) groups excluding carboxylic acids is 1. The van der Waals surface area contributed by atoms with Crippen molar-refractivity contribution in [2.45, 2.75) is 0 Å². The van der Waals surface area contributed by atoms with Crippen LogP contribution < -0.4 is 22.1 Å². The van der Waals surface area contributed by atoms with Crippen LogP contribution in [0.2, 0.25) is 0 Å². The monoisotopic (exact) mass is 263 g/mol. The van der Waals surface area contributed by atoms with Gasteiger partial charge in [0.1, 0.15) is 5.82 Å². The Morgan fingerprint density at radius 2 is 2.11 bits per heavy atom. The second-order valence-corrected chi connectivity index (χ2v) is 3.57. The highest BCUT2D eigenvalue weighted by molar-refractivity contribution is 6.07. The van der Waals surface area contributed by atoms with Gasteiger partial charge in [0.2, 0.25) is 0 Å². The summed E-state index contributed by atoms with van der Waals surface area (Å²) < 4.78 is 13.4. The number of nitrogen functional groups attached to an aromatic ring is 1. The van der Waals surface area contributed by atoms with Gasteiger partial charge in [0.25, 0.3) is 11.5 Å². The fraction of sp³-hybridized carbons (Fsp3) is 0. The quantitative estimate of drug-likeness (QED) is 0.474. The SMILES string of the molecule is NNc1c(F)cccc1C(=O)Nc1ccc(=O)[nH]n1. The highest BCUT2D eigenvalue weighted by Crippen LogP contribution is 2.19. The smallest absolute Gasteiger partial charge is 0.264 e. The Labute approximate surface area is 106 Å². The van der Waals surface area contributed by atoms with Crippen LogP contribution in [0.4, 0.5) is 15.9 Å². The lowest BCUT2D eigenvalue weighted by atomic mass is 10.1. The molecular formula is C11H10FN5O2. The summed E-state index contributed by atoms with van der Waals surface area (Å²) in [6, 6.07) is 6.48. The van der Waals surface area contributed by atoms with Gasteiger partial charge in [-0.25, -0.2) is 9.49 Å². The van der Waals surface area contributed by atoms with E-state index in [-0.39, 0.29) is 17.1 Å². The van der Waals surface area contributed by atoms with E-state index in [1.807, 2.05) is 0 Å². The zero-order valence-corrected chi connectivity index (χ0v) is 9.61. The molecule has 0 atom stereocenters. The summed E-state index contributed by atoms with van der Waals surface area (Å²) in [6.45, 7) is 0. The molecule has 1 aromatic heterocycles. The molecule has 0 aliphatic heterocycles. The van der Waals surface area contributed by atoms with Crippen molar-refractivity contribution in [1.82, 2.24) is 10.2 Å². The summed E-state index contributed by atoms with van der Waals surface area (Å²) in [6.07, 6.45) is 0. The number of para-hydroxylation sites is 1. The average Bonchev–Trinajstić information content (AvgIpc) is 2.41. The van der Waals surface area contributed by atoms with Crippen LogP contribution in [-0.2, 0) is 0 Å². The maximum Gasteiger partial charge on any atom is 0.264 e. The van der Waals surface area contributed by atoms with Crippen molar-refractivity contribution in [3.63, 3.8) is 0 Å². The normalized spacial score (nSPS) is 10.0. The molecule has 0 saturated carbocycles. The fourth-order valence-corrected chi connectivity index (χ4v) is 1.46. The van der Waals surface area contributed by atoms with Gasteiger partial charge in [0, 0.05) is 6.07 Å². The van der Waals surface area contributed by atoms with E-state index in [9.17, 15) is 14.0 Å². The molecule has 19 heavy (non-hydrogen) atoms. The van der Waals surface area contributed by atoms with E-state index in [4.69, 9.17) is 5.84 Å². The van der Waals surface area contributed by atoms with Gasteiger partial charge in [0.15, 0.2) is 5.82 Å². The number of nitrogens with one attached hydrogen (secondary N) is 3. The van der Waals surface area contributed by atoms with Crippen LogP contribution >= 0.6 is 0 Å². The average molecular weight is 263 g/mol. The first-order valence-corrected chi connectivity index (χ1v) is 5.24. The molecule has 0 aliphatic carbocycles. The number of hydrogen-bond acceptors (Lipinski definition) is 5. The van der Waals surface area contributed by atoms with Crippen LogP contribution in [0.1, 0.15) is 10.4 Å². The molecule has 0 spiro atoms. The molecule has 0 saturated heterocycles. The summed E-state index contributed by atoms with van der Waals surface area (Å²) >= 11 is 0. The van der Waals surface area contributed by atoms with Crippen molar-refractivity contribution in [2.24, 2.45) is 5.84 Å². The molecule has 2 rings (SSSR count). The van der Waals surface area contributed by atoms with Gasteiger partial charge in [-0.05, 0) is 18.2 Å². The summed E-state index contributed by atoms with van der Waals surface area (Å²) in [5.74, 6) is 4.05. The number of nitrogens with zero attached hydrogens (tertiary/aromatic N) is 1. The summed E-state index contributed by atoms with van der Waals surface area (Å²) in [5.41, 5.74) is 1.63. The predicted molar refractivity (Wildman–Crippen MR) is 67.0 cm³/mol. The highest BCUT2D eigenvalue weighted by atomic mass is 19.1. The molecule has 5 N–H and O–H groups in total. The maximum absolute atomic E-state index is 13.4. The molecule has 98 valence electrons. The van der Waals surface area contributed by atoms with Crippen LogP contribution in [0.3, 0.4) is 0 Å². The largest absolute Gasteiger partial charge is 0.321 e. The van der Waals surface area contributed by atoms with E-state index in [2.05, 4.69) is 20.9 Å². The predicted octanol–water partition coefficient (Wildman–Crippen LogP) is 0.447. The Kier molecular flexibility index (Phi) is 3.53. The molecule has 0 unspecified atom stereocenters. The van der Waals surface area contributed by atoms with Gasteiger partial charge in [-0.15, -0.1) is 0 Å². The number of aromatic amines is 1. The fourth-order valence-electron chi connectivity index (χ4n) is 1.46. The summed E-state index contributed by atoms with van der Waals surface area (Å²) in [4.78, 5) is 22.7. The molecule has 0 bridgehead atoms. The first-order valence-electron chi connectivity index (χ1n) is 5.24. The number of halogens is 1. The van der Waals surface area contributed by atoms with Gasteiger partial charge < -0.3 is 10.7 Å². The molecular weight excluding hydrogens is 253 g/mol. The van der Waals surface area contributed by atoms with Gasteiger partial charge in [-0.3, -0.25) is 15.4 Å². The van der Waals surface area contributed by atoms with Gasteiger partial charge in [0.05, 0.1) is 11.3 Å². The maximum atomic E-state index is 13.4. The number of carbonyl (C=O) groups is 1. The number of rotatable bonds is 3. The van der Waals surface area contributed by atoms with Gasteiger partial charge in [-0.2, -0.15) is 5.10 Å². The Morgan fingerprint density at radius 1 is 1.32 bits per heavy atom. The highest BCUT2D eigenvalue weighted by Gasteiger charge is 2.14. The lowest BCUT2D eigenvalue weighted by Gasteiger charge is -2.09. The van der Waals surface area contributed by atoms with Crippen LogP contribution in [0.15, 0.2) is 35.1 Å². The van der Waals surface area contributed by atoms with Crippen molar-refractivity contribution >= 4 is 17.4 Å². The zero-order chi connectivity index (χ0) is 13.8. The van der Waals surface area contributed by atoms with Crippen LogP contribution in [0.5, 0.6) is 0 Å². The van der Waals surface area contributed by atoms with Crippen molar-refractivity contribution in [1.29, 1.82) is 0 Å². The lowest BCUT2D eigenvalue weighted by Crippen LogP contribution is -2.19. The lowest BCUT2D eigenvalue weighted by molar-refractivity contribution is 0.102. The molecule has 0 radical (unpaired) electrons. The van der Waals surface area contributed by atoms with Crippen molar-refractivity contribution < 1.29 is 9.18 Å². The Bertz CT molecular complexity index is 650. The van der Waals surface area contributed by atoms with E-state index in [1.54, 1.807) is 0 Å². The number of amides is 1. The Hall–Kier alpha value is -2.74. The third-order valence-corrected chi connectivity index (χ3v) is 2.32. The number of benzene rings is 1. The zero-order valence-electron chi connectivity index (χ0n) is 9.61. The first kappa shape index (κ1) is 12.7. The number of aromatic nitrogens is 2. The number of hydrogen-bond donors (Lipinski definition) is 4. The second-order valence-electron chi connectivity index (χ2n) is 3.57. The molecule has 1 amide bonds. The van der Waals surface area contributed by atoms with Crippen molar-refractivity contribution in [3.8, 4) is 0 Å². The molecule has 0 aliphatic rings. The third kappa shape index (κ3) is 2.75. The van der Waals surface area contributed by atoms with Crippen LogP contribution in [-0.4, -0.2) is 16.1 Å². The first-order chi connectivity index (χ1) is 9.11. The van der Waals surface area contributed by atoms with Crippen molar-refractivity contribution in [3.05, 3.63) is 52.1 Å². The van der Waals surface area contributed by atoms with E-state index in [0.29, 0.717) is 0 Å². The minimum absolute atomic E-state index is 0.0236. The minimum atomic E-state index is -0.649. The number of anilines is 2. The summed E-state index contributed by atoms with van der Waals surface area (Å²) in [5, 5.41) is 8.17.